The lowest BCUT2D eigenvalue weighted by atomic mass is 10.3. The lowest BCUT2D eigenvalue weighted by molar-refractivity contribution is -0.137. The van der Waals surface area contributed by atoms with E-state index in [2.05, 4.69) is 0 Å². The van der Waals surface area contributed by atoms with E-state index in [9.17, 15) is 19.8 Å². The van der Waals surface area contributed by atoms with Crippen LogP contribution in [0.3, 0.4) is 0 Å². The van der Waals surface area contributed by atoms with Crippen molar-refractivity contribution in [2.24, 2.45) is 0 Å². The number of hydrogen-bond acceptors (Lipinski definition) is 5. The second kappa shape index (κ2) is 4.60. The lowest BCUT2D eigenvalue weighted by Crippen LogP contribution is -2.40. The summed E-state index contributed by atoms with van der Waals surface area (Å²) in [4.78, 5) is 25.9. The van der Waals surface area contributed by atoms with Crippen molar-refractivity contribution in [3.8, 4) is 0 Å². The number of hydrogen-bond donors (Lipinski definition) is 2. The van der Waals surface area contributed by atoms with E-state index in [-0.39, 0.29) is 31.4 Å². The molecule has 0 bridgehead atoms. The second-order valence-corrected chi connectivity index (χ2v) is 4.96. The fourth-order valence-corrected chi connectivity index (χ4v) is 2.68. The highest BCUT2D eigenvalue weighted by Gasteiger charge is 2.34. The molecule has 0 spiro atoms. The Bertz CT molecular complexity index is 302. The number of aliphatic hydroxyl groups excluding tert-OH is 2. The zero-order valence-corrected chi connectivity index (χ0v) is 9.52. The van der Waals surface area contributed by atoms with E-state index in [4.69, 9.17) is 0 Å². The molecule has 0 aromatic heterocycles. The minimum absolute atomic E-state index is 0.0290. The van der Waals surface area contributed by atoms with Crippen molar-refractivity contribution in [2.45, 2.75) is 12.2 Å². The molecule has 0 aliphatic carbocycles. The minimum atomic E-state index is -0.868. The van der Waals surface area contributed by atoms with Gasteiger partial charge in [0.25, 0.3) is 0 Å². The standard InChI is InChI=1S/C9H14N2O4S/c12-6-1-10(2-7(6)13)8(14)3-11-5-16-4-9(11)15/h6-7,12-13H,1-5H2/t6-,7+. The molecule has 16 heavy (non-hydrogen) atoms. The van der Waals surface area contributed by atoms with Gasteiger partial charge in [0, 0.05) is 13.1 Å². The molecule has 2 saturated heterocycles. The third-order valence-corrected chi connectivity index (χ3v) is 3.71. The molecule has 0 saturated carbocycles. The van der Waals surface area contributed by atoms with E-state index in [0.717, 1.165) is 0 Å². The van der Waals surface area contributed by atoms with E-state index in [1.807, 2.05) is 0 Å². The largest absolute Gasteiger partial charge is 0.388 e. The lowest BCUT2D eigenvalue weighted by Gasteiger charge is -2.20. The van der Waals surface area contributed by atoms with Gasteiger partial charge in [-0.1, -0.05) is 0 Å². The van der Waals surface area contributed by atoms with Crippen LogP contribution in [0, 0.1) is 0 Å². The van der Waals surface area contributed by atoms with Crippen molar-refractivity contribution in [3.63, 3.8) is 0 Å². The molecule has 6 nitrogen and oxygen atoms in total. The SMILES string of the molecule is O=C1CSCN1CC(=O)N1C[C@@H](O)[C@@H](O)C1. The third kappa shape index (κ3) is 2.31. The van der Waals surface area contributed by atoms with Gasteiger partial charge in [-0.25, -0.2) is 0 Å². The van der Waals surface area contributed by atoms with Gasteiger partial charge in [-0.05, 0) is 0 Å². The Kier molecular flexibility index (Phi) is 3.36. The average molecular weight is 246 g/mol. The summed E-state index contributed by atoms with van der Waals surface area (Å²) in [6, 6.07) is 0. The molecule has 7 heteroatoms. The quantitative estimate of drug-likeness (QED) is 0.594. The Labute approximate surface area is 97.2 Å². The van der Waals surface area contributed by atoms with Gasteiger partial charge in [0.2, 0.25) is 11.8 Å². The van der Waals surface area contributed by atoms with Crippen LogP contribution in [0.5, 0.6) is 0 Å². The van der Waals surface area contributed by atoms with Crippen LogP contribution in [0.2, 0.25) is 0 Å². The molecule has 2 amide bonds. The van der Waals surface area contributed by atoms with Gasteiger partial charge in [0.1, 0.15) is 6.54 Å². The summed E-state index contributed by atoms with van der Waals surface area (Å²) in [5.41, 5.74) is 0. The summed E-state index contributed by atoms with van der Waals surface area (Å²) in [5.74, 6) is 0.729. The highest BCUT2D eigenvalue weighted by Crippen LogP contribution is 2.16. The smallest absolute Gasteiger partial charge is 0.242 e. The number of likely N-dealkylation sites (tertiary alicyclic amines) is 1. The molecule has 2 aliphatic heterocycles. The van der Waals surface area contributed by atoms with Crippen LogP contribution in [0.25, 0.3) is 0 Å². The molecular weight excluding hydrogens is 232 g/mol. The van der Waals surface area contributed by atoms with E-state index < -0.39 is 12.2 Å². The molecule has 0 unspecified atom stereocenters. The molecular formula is C9H14N2O4S. The van der Waals surface area contributed by atoms with Crippen LogP contribution in [-0.4, -0.2) is 75.3 Å². The summed E-state index contributed by atoms with van der Waals surface area (Å²) in [7, 11) is 0. The zero-order chi connectivity index (χ0) is 11.7. The first-order chi connectivity index (χ1) is 7.58. The number of β-amino-alcohol motifs (C(OH)–C–C–N with tert-alkyl or cyclic N) is 2. The van der Waals surface area contributed by atoms with E-state index in [1.54, 1.807) is 0 Å². The van der Waals surface area contributed by atoms with E-state index in [0.29, 0.717) is 11.6 Å². The van der Waals surface area contributed by atoms with Crippen LogP contribution in [0.4, 0.5) is 0 Å². The average Bonchev–Trinajstić information content (AvgIpc) is 2.76. The molecule has 2 heterocycles. The number of rotatable bonds is 2. The Morgan fingerprint density at radius 1 is 1.38 bits per heavy atom. The summed E-state index contributed by atoms with van der Waals surface area (Å²) >= 11 is 1.48. The number of carbonyl (C=O) groups is 2. The number of nitrogens with zero attached hydrogens (tertiary/aromatic N) is 2. The Balaban J connectivity index is 1.86. The monoisotopic (exact) mass is 246 g/mol. The van der Waals surface area contributed by atoms with Crippen molar-refractivity contribution < 1.29 is 19.8 Å². The maximum absolute atomic E-state index is 11.7. The van der Waals surface area contributed by atoms with Gasteiger partial charge in [-0.15, -0.1) is 11.8 Å². The van der Waals surface area contributed by atoms with Crippen LogP contribution in [0.1, 0.15) is 0 Å². The molecule has 2 fully saturated rings. The van der Waals surface area contributed by atoms with Crippen LogP contribution in [-0.2, 0) is 9.59 Å². The summed E-state index contributed by atoms with van der Waals surface area (Å²) in [6.07, 6.45) is -1.74. The zero-order valence-electron chi connectivity index (χ0n) is 8.70. The topological polar surface area (TPSA) is 81.1 Å². The first-order valence-corrected chi connectivity index (χ1v) is 6.23. The normalized spacial score (nSPS) is 30.2. The predicted octanol–water partition coefficient (Wildman–Crippen LogP) is -1.92. The third-order valence-electron chi connectivity index (χ3n) is 2.76. The van der Waals surface area contributed by atoms with E-state index >= 15 is 0 Å². The summed E-state index contributed by atoms with van der Waals surface area (Å²) in [5, 5.41) is 18.6. The van der Waals surface area contributed by atoms with Crippen molar-refractivity contribution in [1.82, 2.24) is 9.80 Å². The van der Waals surface area contributed by atoms with Crippen molar-refractivity contribution in [2.75, 3.05) is 31.3 Å². The first-order valence-electron chi connectivity index (χ1n) is 5.07. The molecule has 2 aliphatic rings. The highest BCUT2D eigenvalue weighted by atomic mass is 32.2. The summed E-state index contributed by atoms with van der Waals surface area (Å²) in [6.45, 7) is 0.343. The number of aliphatic hydroxyl groups is 2. The van der Waals surface area contributed by atoms with Crippen LogP contribution in [0.15, 0.2) is 0 Å². The van der Waals surface area contributed by atoms with Gasteiger partial charge >= 0.3 is 0 Å². The number of carbonyl (C=O) groups excluding carboxylic acids is 2. The molecule has 90 valence electrons. The van der Waals surface area contributed by atoms with E-state index in [1.165, 1.54) is 21.6 Å². The molecule has 2 N–H and O–H groups in total. The Morgan fingerprint density at radius 2 is 2.00 bits per heavy atom. The molecule has 2 atom stereocenters. The molecule has 0 radical (unpaired) electrons. The second-order valence-electron chi connectivity index (χ2n) is 4.00. The molecule has 0 aromatic rings. The van der Waals surface area contributed by atoms with Crippen molar-refractivity contribution >= 4 is 23.6 Å². The maximum atomic E-state index is 11.7. The first kappa shape index (κ1) is 11.7. The number of thioether (sulfide) groups is 1. The van der Waals surface area contributed by atoms with Gasteiger partial charge in [0.05, 0.1) is 23.8 Å². The van der Waals surface area contributed by atoms with Crippen LogP contribution >= 0.6 is 11.8 Å². The minimum Gasteiger partial charge on any atom is -0.388 e. The Morgan fingerprint density at radius 3 is 2.50 bits per heavy atom. The highest BCUT2D eigenvalue weighted by molar-refractivity contribution is 8.00. The van der Waals surface area contributed by atoms with Crippen molar-refractivity contribution in [1.29, 1.82) is 0 Å². The molecule has 0 aromatic carbocycles. The fraction of sp³-hybridized carbons (Fsp3) is 0.778. The fourth-order valence-electron chi connectivity index (χ4n) is 1.78. The molecule has 2 rings (SSSR count). The predicted molar refractivity (Wildman–Crippen MR) is 57.6 cm³/mol. The van der Waals surface area contributed by atoms with Crippen molar-refractivity contribution in [3.05, 3.63) is 0 Å². The van der Waals surface area contributed by atoms with Gasteiger partial charge < -0.3 is 20.0 Å². The summed E-state index contributed by atoms with van der Waals surface area (Å²) < 4.78 is 0. The van der Waals surface area contributed by atoms with Gasteiger partial charge in [-0.3, -0.25) is 9.59 Å². The van der Waals surface area contributed by atoms with Crippen LogP contribution < -0.4 is 0 Å². The van der Waals surface area contributed by atoms with Gasteiger partial charge in [0.15, 0.2) is 0 Å². The van der Waals surface area contributed by atoms with Gasteiger partial charge in [-0.2, -0.15) is 0 Å². The Hall–Kier alpha value is -0.790. The maximum Gasteiger partial charge on any atom is 0.242 e. The number of amides is 2.